The molecule has 0 radical (unpaired) electrons. The van der Waals surface area contributed by atoms with Crippen LogP contribution < -0.4 is 15.0 Å². The Morgan fingerprint density at radius 2 is 2.10 bits per heavy atom. The number of carbonyl (C=O) groups excluding carboxylic acids is 1. The first-order valence-corrected chi connectivity index (χ1v) is 10.8. The van der Waals surface area contributed by atoms with E-state index in [4.69, 9.17) is 4.74 Å². The number of rotatable bonds is 4. The minimum atomic E-state index is -0.146. The van der Waals surface area contributed by atoms with Crippen LogP contribution in [-0.4, -0.2) is 35.6 Å². The highest BCUT2D eigenvalue weighted by molar-refractivity contribution is 7.20. The number of nitrogens with one attached hydrogen (secondary N) is 1. The van der Waals surface area contributed by atoms with Gasteiger partial charge in [0.25, 0.3) is 5.91 Å². The van der Waals surface area contributed by atoms with Crippen molar-refractivity contribution in [2.24, 2.45) is 0 Å². The average molecular weight is 411 g/mol. The highest BCUT2D eigenvalue weighted by Crippen LogP contribution is 2.37. The number of thiophene rings is 1. The summed E-state index contributed by atoms with van der Waals surface area (Å²) in [5.41, 5.74) is 2.66. The summed E-state index contributed by atoms with van der Waals surface area (Å²) in [6.07, 6.45) is 5.19. The number of benzene rings is 1. The van der Waals surface area contributed by atoms with Gasteiger partial charge in [0, 0.05) is 12.6 Å². The number of fused-ring (bicyclic) bond motifs is 1. The standard InChI is InChI=1S/C22H26N4O2S/c1-13-8-9-17(28-4)16(11-13)25-21(27)19-15(3)18-20(23-12-24-22(18)29-19)26-10-6-5-7-14(26)2/h8-9,11-12,14H,5-7,10H2,1-4H3,(H,25,27)/t14-/m1/s1. The zero-order chi connectivity index (χ0) is 20.5. The molecule has 1 aromatic carbocycles. The van der Waals surface area contributed by atoms with Crippen molar-refractivity contribution in [3.05, 3.63) is 40.5 Å². The third-order valence-corrected chi connectivity index (χ3v) is 6.79. The van der Waals surface area contributed by atoms with E-state index in [-0.39, 0.29) is 5.91 Å². The van der Waals surface area contributed by atoms with Crippen molar-refractivity contribution in [1.82, 2.24) is 9.97 Å². The Morgan fingerprint density at radius 3 is 2.86 bits per heavy atom. The summed E-state index contributed by atoms with van der Waals surface area (Å²) >= 11 is 1.42. The number of piperidine rings is 1. The Balaban J connectivity index is 1.72. The van der Waals surface area contributed by atoms with Crippen LogP contribution in [0.4, 0.5) is 11.5 Å². The van der Waals surface area contributed by atoms with Crippen LogP contribution in [0.25, 0.3) is 10.2 Å². The molecule has 7 heteroatoms. The van der Waals surface area contributed by atoms with E-state index >= 15 is 0 Å². The zero-order valence-electron chi connectivity index (χ0n) is 17.3. The van der Waals surface area contributed by atoms with Gasteiger partial charge >= 0.3 is 0 Å². The lowest BCUT2D eigenvalue weighted by atomic mass is 10.0. The molecule has 3 aromatic rings. The highest BCUT2D eigenvalue weighted by Gasteiger charge is 2.26. The van der Waals surface area contributed by atoms with E-state index in [1.165, 1.54) is 24.2 Å². The summed E-state index contributed by atoms with van der Waals surface area (Å²) in [5, 5.41) is 4.01. The maximum absolute atomic E-state index is 13.1. The number of hydrogen-bond donors (Lipinski definition) is 1. The van der Waals surface area contributed by atoms with Gasteiger partial charge in [0.2, 0.25) is 0 Å². The predicted molar refractivity (Wildman–Crippen MR) is 118 cm³/mol. The molecule has 3 heterocycles. The molecule has 1 amide bonds. The Hall–Kier alpha value is -2.67. The van der Waals surface area contributed by atoms with E-state index in [1.807, 2.05) is 32.0 Å². The average Bonchev–Trinajstić information content (AvgIpc) is 3.06. The molecule has 0 saturated carbocycles. The number of aryl methyl sites for hydroxylation is 2. The van der Waals surface area contributed by atoms with Crippen LogP contribution in [0, 0.1) is 13.8 Å². The first-order valence-electron chi connectivity index (χ1n) is 9.96. The molecular formula is C22H26N4O2S. The van der Waals surface area contributed by atoms with Crippen molar-refractivity contribution in [1.29, 1.82) is 0 Å². The third kappa shape index (κ3) is 3.67. The highest BCUT2D eigenvalue weighted by atomic mass is 32.1. The van der Waals surface area contributed by atoms with E-state index in [9.17, 15) is 4.79 Å². The van der Waals surface area contributed by atoms with E-state index in [0.29, 0.717) is 22.4 Å². The molecule has 1 saturated heterocycles. The van der Waals surface area contributed by atoms with Gasteiger partial charge in [0.1, 0.15) is 22.7 Å². The van der Waals surface area contributed by atoms with E-state index in [0.717, 1.165) is 40.1 Å². The summed E-state index contributed by atoms with van der Waals surface area (Å²) in [5.74, 6) is 1.44. The first kappa shape index (κ1) is 19.6. The first-order chi connectivity index (χ1) is 14.0. The Morgan fingerprint density at radius 1 is 1.28 bits per heavy atom. The van der Waals surface area contributed by atoms with E-state index in [1.54, 1.807) is 13.4 Å². The Kier molecular flexibility index (Phi) is 5.41. The molecule has 0 bridgehead atoms. The van der Waals surface area contributed by atoms with Crippen LogP contribution in [0.3, 0.4) is 0 Å². The SMILES string of the molecule is COc1ccc(C)cc1NC(=O)c1sc2ncnc(N3CCCC[C@H]3C)c2c1C. The van der Waals surface area contributed by atoms with Crippen molar-refractivity contribution in [2.75, 3.05) is 23.9 Å². The summed E-state index contributed by atoms with van der Waals surface area (Å²) in [4.78, 5) is 26.1. The van der Waals surface area contributed by atoms with Crippen LogP contribution in [0.15, 0.2) is 24.5 Å². The molecule has 1 aliphatic heterocycles. The van der Waals surface area contributed by atoms with Gasteiger partial charge < -0.3 is 15.0 Å². The van der Waals surface area contributed by atoms with Gasteiger partial charge in [-0.3, -0.25) is 4.79 Å². The minimum Gasteiger partial charge on any atom is -0.495 e. The molecule has 1 fully saturated rings. The second-order valence-electron chi connectivity index (χ2n) is 7.63. The van der Waals surface area contributed by atoms with Crippen LogP contribution in [0.2, 0.25) is 0 Å². The minimum absolute atomic E-state index is 0.146. The maximum Gasteiger partial charge on any atom is 0.266 e. The van der Waals surface area contributed by atoms with Crippen LogP contribution in [0.1, 0.15) is 47.0 Å². The molecular weight excluding hydrogens is 384 g/mol. The number of anilines is 2. The van der Waals surface area contributed by atoms with Crippen LogP contribution in [0.5, 0.6) is 5.75 Å². The second-order valence-corrected chi connectivity index (χ2v) is 8.63. The number of aromatic nitrogens is 2. The molecule has 152 valence electrons. The van der Waals surface area contributed by atoms with Gasteiger partial charge in [0.05, 0.1) is 23.1 Å². The quantitative estimate of drug-likeness (QED) is 0.659. The lowest BCUT2D eigenvalue weighted by molar-refractivity contribution is 0.102. The summed E-state index contributed by atoms with van der Waals surface area (Å²) in [6, 6.07) is 6.18. The van der Waals surface area contributed by atoms with Crippen molar-refractivity contribution in [3.63, 3.8) is 0 Å². The molecule has 0 aliphatic carbocycles. The molecule has 4 rings (SSSR count). The maximum atomic E-state index is 13.1. The van der Waals surface area contributed by atoms with Gasteiger partial charge in [-0.2, -0.15) is 0 Å². The summed E-state index contributed by atoms with van der Waals surface area (Å²) in [6.45, 7) is 7.21. The number of nitrogens with zero attached hydrogens (tertiary/aromatic N) is 3. The van der Waals surface area contributed by atoms with Gasteiger partial charge in [-0.05, 0) is 63.3 Å². The molecule has 0 spiro atoms. The van der Waals surface area contributed by atoms with Crippen molar-refractivity contribution in [3.8, 4) is 5.75 Å². The van der Waals surface area contributed by atoms with E-state index < -0.39 is 0 Å². The Labute approximate surface area is 174 Å². The number of methoxy groups -OCH3 is 1. The monoisotopic (exact) mass is 410 g/mol. The third-order valence-electron chi connectivity index (χ3n) is 5.59. The number of amides is 1. The number of ether oxygens (including phenoxy) is 1. The fraction of sp³-hybridized carbons (Fsp3) is 0.409. The van der Waals surface area contributed by atoms with Crippen molar-refractivity contribution < 1.29 is 9.53 Å². The smallest absolute Gasteiger partial charge is 0.266 e. The van der Waals surface area contributed by atoms with Gasteiger partial charge in [-0.15, -0.1) is 11.3 Å². The van der Waals surface area contributed by atoms with Gasteiger partial charge in [0.15, 0.2) is 0 Å². The number of carbonyl (C=O) groups is 1. The Bertz CT molecular complexity index is 1060. The lowest BCUT2D eigenvalue weighted by Crippen LogP contribution is -2.38. The van der Waals surface area contributed by atoms with Gasteiger partial charge in [-0.1, -0.05) is 6.07 Å². The molecule has 29 heavy (non-hydrogen) atoms. The van der Waals surface area contributed by atoms with Crippen molar-refractivity contribution in [2.45, 2.75) is 46.1 Å². The van der Waals surface area contributed by atoms with E-state index in [2.05, 4.69) is 27.1 Å². The number of hydrogen-bond acceptors (Lipinski definition) is 6. The largest absolute Gasteiger partial charge is 0.495 e. The fourth-order valence-corrected chi connectivity index (χ4v) is 5.04. The van der Waals surface area contributed by atoms with Crippen LogP contribution in [-0.2, 0) is 0 Å². The summed E-state index contributed by atoms with van der Waals surface area (Å²) < 4.78 is 5.40. The van der Waals surface area contributed by atoms with Crippen LogP contribution >= 0.6 is 11.3 Å². The van der Waals surface area contributed by atoms with Gasteiger partial charge in [-0.25, -0.2) is 9.97 Å². The molecule has 1 N–H and O–H groups in total. The molecule has 0 unspecified atom stereocenters. The molecule has 2 aromatic heterocycles. The fourth-order valence-electron chi connectivity index (χ4n) is 4.00. The molecule has 6 nitrogen and oxygen atoms in total. The summed E-state index contributed by atoms with van der Waals surface area (Å²) in [7, 11) is 1.60. The molecule has 1 aliphatic rings. The predicted octanol–water partition coefficient (Wildman–Crippen LogP) is 4.95. The zero-order valence-corrected chi connectivity index (χ0v) is 18.1. The normalized spacial score (nSPS) is 16.8. The lowest BCUT2D eigenvalue weighted by Gasteiger charge is -2.34. The van der Waals surface area contributed by atoms with Crippen molar-refractivity contribution >= 4 is 39.0 Å². The second kappa shape index (κ2) is 7.99. The topological polar surface area (TPSA) is 67.3 Å². The molecule has 1 atom stereocenters.